The van der Waals surface area contributed by atoms with Crippen molar-refractivity contribution in [1.82, 2.24) is 15.3 Å². The van der Waals surface area contributed by atoms with Crippen LogP contribution in [0.1, 0.15) is 26.7 Å². The maximum Gasteiger partial charge on any atom is 0.225 e. The Morgan fingerprint density at radius 1 is 1.38 bits per heavy atom. The van der Waals surface area contributed by atoms with E-state index in [0.29, 0.717) is 6.54 Å². The Kier molecular flexibility index (Phi) is 5.50. The molecule has 0 saturated carbocycles. The van der Waals surface area contributed by atoms with Crippen LogP contribution < -0.4 is 16.0 Å². The minimum Gasteiger partial charge on any atom is -0.353 e. The molecule has 2 rings (SSSR count). The summed E-state index contributed by atoms with van der Waals surface area (Å²) in [4.78, 5) is 22.9. The molecule has 1 aromatic heterocycles. The minimum atomic E-state index is -0.0968. The second-order valence-electron chi connectivity index (χ2n) is 5.90. The van der Waals surface area contributed by atoms with Crippen LogP contribution in [-0.4, -0.2) is 41.6 Å². The van der Waals surface area contributed by atoms with Gasteiger partial charge in [-0.25, -0.2) is 9.97 Å². The number of amides is 1. The normalized spacial score (nSPS) is 17.8. The summed E-state index contributed by atoms with van der Waals surface area (Å²) in [7, 11) is 0. The molecule has 1 aliphatic rings. The topological polar surface area (TPSA) is 84.1 Å². The van der Waals surface area contributed by atoms with Gasteiger partial charge in [-0.05, 0) is 24.8 Å². The van der Waals surface area contributed by atoms with E-state index in [9.17, 15) is 4.79 Å². The zero-order valence-corrected chi connectivity index (χ0v) is 12.8. The Labute approximate surface area is 126 Å². The zero-order chi connectivity index (χ0) is 15.2. The molecule has 1 unspecified atom stereocenters. The van der Waals surface area contributed by atoms with E-state index in [1.165, 1.54) is 0 Å². The molecule has 0 aromatic carbocycles. The van der Waals surface area contributed by atoms with Gasteiger partial charge in [0.05, 0.1) is 5.92 Å². The second-order valence-corrected chi connectivity index (χ2v) is 5.90. The number of carbonyl (C=O) groups excluding carboxylic acids is 1. The van der Waals surface area contributed by atoms with Crippen LogP contribution in [-0.2, 0) is 4.79 Å². The first-order valence-electron chi connectivity index (χ1n) is 7.64. The minimum absolute atomic E-state index is 0.0851. The number of anilines is 1. The fourth-order valence-corrected chi connectivity index (χ4v) is 2.67. The van der Waals surface area contributed by atoms with Crippen LogP contribution in [0.2, 0.25) is 0 Å². The first-order valence-corrected chi connectivity index (χ1v) is 7.64. The first kappa shape index (κ1) is 15.7. The molecule has 6 nitrogen and oxygen atoms in total. The Morgan fingerprint density at radius 3 is 2.52 bits per heavy atom. The molecular formula is C15H25N5O. The number of nitrogens with one attached hydrogen (secondary N) is 1. The van der Waals surface area contributed by atoms with E-state index in [2.05, 4.69) is 20.2 Å². The van der Waals surface area contributed by atoms with Gasteiger partial charge in [0.25, 0.3) is 0 Å². The number of rotatable bonds is 5. The van der Waals surface area contributed by atoms with E-state index >= 15 is 0 Å². The molecule has 0 bridgehead atoms. The van der Waals surface area contributed by atoms with E-state index in [-0.39, 0.29) is 23.8 Å². The van der Waals surface area contributed by atoms with Crippen LogP contribution in [0.15, 0.2) is 18.5 Å². The van der Waals surface area contributed by atoms with Crippen molar-refractivity contribution in [2.24, 2.45) is 17.6 Å². The Morgan fingerprint density at radius 2 is 2.00 bits per heavy atom. The fraction of sp³-hybridized carbons (Fsp3) is 0.667. The lowest BCUT2D eigenvalue weighted by Gasteiger charge is -2.33. The van der Waals surface area contributed by atoms with Gasteiger partial charge >= 0.3 is 0 Å². The van der Waals surface area contributed by atoms with Crippen molar-refractivity contribution in [3.8, 4) is 0 Å². The Balaban J connectivity index is 1.83. The van der Waals surface area contributed by atoms with E-state index < -0.39 is 0 Å². The van der Waals surface area contributed by atoms with Gasteiger partial charge in [-0.2, -0.15) is 0 Å². The van der Waals surface area contributed by atoms with Gasteiger partial charge in [0, 0.05) is 38.1 Å². The van der Waals surface area contributed by atoms with Gasteiger partial charge < -0.3 is 16.0 Å². The largest absolute Gasteiger partial charge is 0.353 e. The number of nitrogens with zero attached hydrogens (tertiary/aromatic N) is 3. The summed E-state index contributed by atoms with van der Waals surface area (Å²) >= 11 is 0. The number of hydrogen-bond acceptors (Lipinski definition) is 5. The third-order valence-electron chi connectivity index (χ3n) is 4.07. The van der Waals surface area contributed by atoms with Gasteiger partial charge in [-0.1, -0.05) is 13.8 Å². The number of aromatic nitrogens is 2. The van der Waals surface area contributed by atoms with Crippen molar-refractivity contribution in [2.45, 2.75) is 32.7 Å². The molecule has 0 radical (unpaired) electrons. The zero-order valence-electron chi connectivity index (χ0n) is 12.8. The molecule has 6 heteroatoms. The summed E-state index contributed by atoms with van der Waals surface area (Å²) in [6, 6.07) is 2.04. The van der Waals surface area contributed by atoms with Crippen LogP contribution in [0.4, 0.5) is 5.95 Å². The lowest BCUT2D eigenvalue weighted by molar-refractivity contribution is -0.126. The van der Waals surface area contributed by atoms with Crippen LogP contribution in [0, 0.1) is 11.8 Å². The standard InChI is InChI=1S/C15H25N5O/c1-11(2)13(10-16)14(21)19-12-4-8-20(9-5-12)15-17-6-3-7-18-15/h3,6-7,11-13H,4-5,8-10,16H2,1-2H3,(H,19,21). The van der Waals surface area contributed by atoms with Gasteiger partial charge in [-0.3, -0.25) is 4.79 Å². The summed E-state index contributed by atoms with van der Waals surface area (Å²) in [5.41, 5.74) is 5.69. The van der Waals surface area contributed by atoms with E-state index in [1.54, 1.807) is 12.4 Å². The van der Waals surface area contributed by atoms with Gasteiger partial charge in [0.15, 0.2) is 0 Å². The third-order valence-corrected chi connectivity index (χ3v) is 4.07. The smallest absolute Gasteiger partial charge is 0.225 e. The Hall–Kier alpha value is -1.69. The molecule has 21 heavy (non-hydrogen) atoms. The summed E-state index contributed by atoms with van der Waals surface area (Å²) < 4.78 is 0. The van der Waals surface area contributed by atoms with Crippen molar-refractivity contribution < 1.29 is 4.79 Å². The molecule has 2 heterocycles. The van der Waals surface area contributed by atoms with Crippen molar-refractivity contribution in [3.05, 3.63) is 18.5 Å². The quantitative estimate of drug-likeness (QED) is 0.838. The molecular weight excluding hydrogens is 266 g/mol. The van der Waals surface area contributed by atoms with Gasteiger partial charge in [0.1, 0.15) is 0 Å². The highest BCUT2D eigenvalue weighted by molar-refractivity contribution is 5.79. The Bertz CT molecular complexity index is 443. The van der Waals surface area contributed by atoms with Crippen LogP contribution in [0.25, 0.3) is 0 Å². The molecule has 1 fully saturated rings. The highest BCUT2D eigenvalue weighted by atomic mass is 16.2. The van der Waals surface area contributed by atoms with Crippen molar-refractivity contribution >= 4 is 11.9 Å². The van der Waals surface area contributed by atoms with E-state index in [1.807, 2.05) is 19.9 Å². The van der Waals surface area contributed by atoms with Crippen molar-refractivity contribution in [3.63, 3.8) is 0 Å². The number of hydrogen-bond donors (Lipinski definition) is 2. The highest BCUT2D eigenvalue weighted by Crippen LogP contribution is 2.16. The van der Waals surface area contributed by atoms with E-state index in [0.717, 1.165) is 31.9 Å². The van der Waals surface area contributed by atoms with Crippen LogP contribution in [0.5, 0.6) is 0 Å². The van der Waals surface area contributed by atoms with Crippen LogP contribution in [0.3, 0.4) is 0 Å². The average molecular weight is 291 g/mol. The maximum atomic E-state index is 12.2. The predicted octanol–water partition coefficient (Wildman–Crippen LogP) is 0.793. The molecule has 1 aromatic rings. The molecule has 1 aliphatic heterocycles. The number of piperidine rings is 1. The van der Waals surface area contributed by atoms with Gasteiger partial charge in [0.2, 0.25) is 11.9 Å². The van der Waals surface area contributed by atoms with Crippen molar-refractivity contribution in [1.29, 1.82) is 0 Å². The maximum absolute atomic E-state index is 12.2. The predicted molar refractivity (Wildman–Crippen MR) is 82.8 cm³/mol. The van der Waals surface area contributed by atoms with Crippen molar-refractivity contribution in [2.75, 3.05) is 24.5 Å². The van der Waals surface area contributed by atoms with Gasteiger partial charge in [-0.15, -0.1) is 0 Å². The summed E-state index contributed by atoms with van der Waals surface area (Å²) in [5, 5.41) is 3.14. The third kappa shape index (κ3) is 4.14. The number of nitrogens with two attached hydrogens (primary N) is 1. The summed E-state index contributed by atoms with van der Waals surface area (Å²) in [6.07, 6.45) is 5.34. The molecule has 1 atom stereocenters. The fourth-order valence-electron chi connectivity index (χ4n) is 2.67. The molecule has 1 saturated heterocycles. The molecule has 3 N–H and O–H groups in total. The summed E-state index contributed by atoms with van der Waals surface area (Å²) in [6.45, 7) is 6.20. The molecule has 0 spiro atoms. The SMILES string of the molecule is CC(C)C(CN)C(=O)NC1CCN(c2ncccn2)CC1. The lowest BCUT2D eigenvalue weighted by Crippen LogP contribution is -2.48. The van der Waals surface area contributed by atoms with Crippen LogP contribution >= 0.6 is 0 Å². The monoisotopic (exact) mass is 291 g/mol. The molecule has 1 amide bonds. The second kappa shape index (κ2) is 7.36. The van der Waals surface area contributed by atoms with E-state index in [4.69, 9.17) is 5.73 Å². The molecule has 116 valence electrons. The summed E-state index contributed by atoms with van der Waals surface area (Å²) in [5.74, 6) is 1.03. The average Bonchev–Trinajstić information content (AvgIpc) is 2.49. The lowest BCUT2D eigenvalue weighted by atomic mass is 9.94. The number of carbonyl (C=O) groups is 1. The molecule has 0 aliphatic carbocycles. The highest BCUT2D eigenvalue weighted by Gasteiger charge is 2.26. The first-order chi connectivity index (χ1) is 10.1.